The number of nitrogens with one attached hydrogen (secondary N) is 1. The Morgan fingerprint density at radius 2 is 2.12 bits per heavy atom. The van der Waals surface area contributed by atoms with E-state index in [1.165, 1.54) is 18.4 Å². The highest BCUT2D eigenvalue weighted by Gasteiger charge is 2.08. The van der Waals surface area contributed by atoms with E-state index in [-0.39, 0.29) is 0 Å². The lowest BCUT2D eigenvalue weighted by molar-refractivity contribution is 0.438. The third-order valence-electron chi connectivity index (χ3n) is 3.05. The van der Waals surface area contributed by atoms with Crippen LogP contribution in [0.15, 0.2) is 12.4 Å². The molecule has 0 saturated heterocycles. The van der Waals surface area contributed by atoms with E-state index in [4.69, 9.17) is 0 Å². The third-order valence-corrected chi connectivity index (χ3v) is 3.05. The maximum Gasteiger partial charge on any atom is 0.0537 e. The Morgan fingerprint density at radius 3 is 2.75 bits per heavy atom. The number of hydrogen-bond donors (Lipinski definition) is 1. The molecule has 0 aromatic carbocycles. The van der Waals surface area contributed by atoms with Gasteiger partial charge in [0.15, 0.2) is 0 Å². The molecule has 0 saturated carbocycles. The molecular weight excluding hydrogens is 198 g/mol. The molecule has 92 valence electrons. The van der Waals surface area contributed by atoms with Crippen molar-refractivity contribution in [3.8, 4) is 0 Å². The standard InChI is InChI=1S/C13H25N3/c1-5-7-14-12(4)13-8-15-16(10-13)9-11(3)6-2/h8,10-12,14H,5-7,9H2,1-4H3. The van der Waals surface area contributed by atoms with Gasteiger partial charge >= 0.3 is 0 Å². The topological polar surface area (TPSA) is 29.9 Å². The summed E-state index contributed by atoms with van der Waals surface area (Å²) in [5.74, 6) is 0.701. The number of nitrogens with zero attached hydrogens (tertiary/aromatic N) is 2. The van der Waals surface area contributed by atoms with Crippen LogP contribution in [0.5, 0.6) is 0 Å². The molecule has 0 spiro atoms. The van der Waals surface area contributed by atoms with Crippen LogP contribution in [0, 0.1) is 5.92 Å². The van der Waals surface area contributed by atoms with E-state index < -0.39 is 0 Å². The molecule has 0 aliphatic rings. The number of aromatic nitrogens is 2. The molecule has 2 unspecified atom stereocenters. The summed E-state index contributed by atoms with van der Waals surface area (Å²) in [6.07, 6.45) is 6.53. The second-order valence-corrected chi connectivity index (χ2v) is 4.68. The molecule has 0 aliphatic heterocycles. The minimum absolute atomic E-state index is 0.408. The fraction of sp³-hybridized carbons (Fsp3) is 0.769. The van der Waals surface area contributed by atoms with Gasteiger partial charge in [-0.1, -0.05) is 27.2 Å². The summed E-state index contributed by atoms with van der Waals surface area (Å²) in [4.78, 5) is 0. The lowest BCUT2D eigenvalue weighted by Gasteiger charge is -2.11. The van der Waals surface area contributed by atoms with Gasteiger partial charge in [-0.2, -0.15) is 5.10 Å². The monoisotopic (exact) mass is 223 g/mol. The maximum atomic E-state index is 4.41. The predicted molar refractivity (Wildman–Crippen MR) is 68.4 cm³/mol. The van der Waals surface area contributed by atoms with Crippen LogP contribution in [0.2, 0.25) is 0 Å². The molecule has 1 heterocycles. The summed E-state index contributed by atoms with van der Waals surface area (Å²) in [6, 6.07) is 0.408. The minimum atomic E-state index is 0.408. The zero-order valence-corrected chi connectivity index (χ0v) is 11.0. The summed E-state index contributed by atoms with van der Waals surface area (Å²) in [5.41, 5.74) is 1.29. The summed E-state index contributed by atoms with van der Waals surface area (Å²) in [7, 11) is 0. The van der Waals surface area contributed by atoms with Crippen LogP contribution in [0.3, 0.4) is 0 Å². The second kappa shape index (κ2) is 6.69. The van der Waals surface area contributed by atoms with Crippen molar-refractivity contribution in [3.63, 3.8) is 0 Å². The summed E-state index contributed by atoms with van der Waals surface area (Å²) in [6.45, 7) is 11.0. The summed E-state index contributed by atoms with van der Waals surface area (Å²) < 4.78 is 2.06. The highest BCUT2D eigenvalue weighted by molar-refractivity contribution is 5.09. The fourth-order valence-electron chi connectivity index (χ4n) is 1.63. The van der Waals surface area contributed by atoms with E-state index >= 15 is 0 Å². The summed E-state index contributed by atoms with van der Waals surface area (Å²) >= 11 is 0. The zero-order chi connectivity index (χ0) is 12.0. The van der Waals surface area contributed by atoms with Gasteiger partial charge in [0.25, 0.3) is 0 Å². The van der Waals surface area contributed by atoms with Gasteiger partial charge < -0.3 is 5.32 Å². The molecule has 3 nitrogen and oxygen atoms in total. The van der Waals surface area contributed by atoms with E-state index in [0.29, 0.717) is 12.0 Å². The Hall–Kier alpha value is -0.830. The van der Waals surface area contributed by atoms with Crippen molar-refractivity contribution in [2.24, 2.45) is 5.92 Å². The molecule has 1 N–H and O–H groups in total. The van der Waals surface area contributed by atoms with Crippen LogP contribution in [-0.2, 0) is 6.54 Å². The first-order valence-corrected chi connectivity index (χ1v) is 6.43. The van der Waals surface area contributed by atoms with E-state index in [1.807, 2.05) is 6.20 Å². The Bertz CT molecular complexity index is 293. The van der Waals surface area contributed by atoms with Crippen molar-refractivity contribution in [1.29, 1.82) is 0 Å². The van der Waals surface area contributed by atoms with Crippen molar-refractivity contribution in [3.05, 3.63) is 18.0 Å². The van der Waals surface area contributed by atoms with Gasteiger partial charge in [-0.05, 0) is 25.8 Å². The molecule has 2 atom stereocenters. The van der Waals surface area contributed by atoms with Crippen molar-refractivity contribution in [2.45, 2.75) is 53.1 Å². The van der Waals surface area contributed by atoms with Crippen molar-refractivity contribution < 1.29 is 0 Å². The van der Waals surface area contributed by atoms with E-state index in [2.05, 4.69) is 49.0 Å². The summed E-state index contributed by atoms with van der Waals surface area (Å²) in [5, 5.41) is 7.89. The largest absolute Gasteiger partial charge is 0.310 e. The third kappa shape index (κ3) is 3.97. The Kier molecular flexibility index (Phi) is 5.53. The van der Waals surface area contributed by atoms with Crippen molar-refractivity contribution in [1.82, 2.24) is 15.1 Å². The fourth-order valence-corrected chi connectivity index (χ4v) is 1.63. The lowest BCUT2D eigenvalue weighted by atomic mass is 10.1. The highest BCUT2D eigenvalue weighted by atomic mass is 15.3. The van der Waals surface area contributed by atoms with Crippen LogP contribution < -0.4 is 5.32 Å². The van der Waals surface area contributed by atoms with Gasteiger partial charge in [-0.15, -0.1) is 0 Å². The van der Waals surface area contributed by atoms with E-state index in [9.17, 15) is 0 Å². The van der Waals surface area contributed by atoms with Crippen LogP contribution in [0.4, 0.5) is 0 Å². The molecule has 0 bridgehead atoms. The van der Waals surface area contributed by atoms with Crippen molar-refractivity contribution >= 4 is 0 Å². The molecule has 0 aliphatic carbocycles. The predicted octanol–water partition coefficient (Wildman–Crippen LogP) is 2.99. The van der Waals surface area contributed by atoms with Crippen LogP contribution >= 0.6 is 0 Å². The van der Waals surface area contributed by atoms with Gasteiger partial charge in [0.1, 0.15) is 0 Å². The lowest BCUT2D eigenvalue weighted by Crippen LogP contribution is -2.18. The zero-order valence-electron chi connectivity index (χ0n) is 11.0. The van der Waals surface area contributed by atoms with Gasteiger partial charge in [0.05, 0.1) is 6.20 Å². The second-order valence-electron chi connectivity index (χ2n) is 4.68. The van der Waals surface area contributed by atoms with Gasteiger partial charge in [0, 0.05) is 24.3 Å². The number of rotatable bonds is 7. The molecule has 0 fully saturated rings. The molecule has 16 heavy (non-hydrogen) atoms. The molecule has 0 radical (unpaired) electrons. The average molecular weight is 223 g/mol. The SMILES string of the molecule is CCCNC(C)c1cnn(CC(C)CC)c1. The Balaban J connectivity index is 2.50. The molecule has 1 aromatic rings. The van der Waals surface area contributed by atoms with Crippen molar-refractivity contribution in [2.75, 3.05) is 6.54 Å². The van der Waals surface area contributed by atoms with Gasteiger partial charge in [-0.25, -0.2) is 0 Å². The average Bonchev–Trinajstić information content (AvgIpc) is 2.74. The van der Waals surface area contributed by atoms with E-state index in [1.54, 1.807) is 0 Å². The smallest absolute Gasteiger partial charge is 0.0537 e. The van der Waals surface area contributed by atoms with Gasteiger partial charge in [-0.3, -0.25) is 4.68 Å². The van der Waals surface area contributed by atoms with Crippen LogP contribution in [0.1, 0.15) is 52.1 Å². The minimum Gasteiger partial charge on any atom is -0.310 e. The van der Waals surface area contributed by atoms with Crippen LogP contribution in [0.25, 0.3) is 0 Å². The normalized spacial score (nSPS) is 15.0. The maximum absolute atomic E-state index is 4.41. The van der Waals surface area contributed by atoms with Gasteiger partial charge in [0.2, 0.25) is 0 Å². The first-order chi connectivity index (χ1) is 7.67. The molecule has 0 amide bonds. The van der Waals surface area contributed by atoms with Crippen LogP contribution in [-0.4, -0.2) is 16.3 Å². The molecule has 1 aromatic heterocycles. The highest BCUT2D eigenvalue weighted by Crippen LogP contribution is 2.12. The quantitative estimate of drug-likeness (QED) is 0.770. The molecule has 3 heteroatoms. The Morgan fingerprint density at radius 1 is 1.38 bits per heavy atom. The molecular formula is C13H25N3. The first kappa shape index (κ1) is 13.2. The first-order valence-electron chi connectivity index (χ1n) is 6.43. The van der Waals surface area contributed by atoms with E-state index in [0.717, 1.165) is 13.1 Å². The molecule has 1 rings (SSSR count). The number of hydrogen-bond acceptors (Lipinski definition) is 2. The Labute approximate surface area is 99.2 Å².